The summed E-state index contributed by atoms with van der Waals surface area (Å²) in [6, 6.07) is 0. The first kappa shape index (κ1) is 13.8. The molecule has 1 amide bonds. The molecule has 0 aromatic rings. The summed E-state index contributed by atoms with van der Waals surface area (Å²) in [7, 11) is 0. The zero-order valence-electron chi connectivity index (χ0n) is 10.7. The van der Waals surface area contributed by atoms with Crippen molar-refractivity contribution in [2.75, 3.05) is 6.54 Å². The number of oxime groups is 1. The van der Waals surface area contributed by atoms with E-state index < -0.39 is 5.92 Å². The number of carbonyl (C=O) groups excluding carboxylic acids is 1. The van der Waals surface area contributed by atoms with E-state index in [9.17, 15) is 4.79 Å². The van der Waals surface area contributed by atoms with Gasteiger partial charge < -0.3 is 16.3 Å². The number of amidine groups is 1. The molecule has 1 fully saturated rings. The maximum Gasteiger partial charge on any atom is 0.230 e. The number of rotatable bonds is 6. The second-order valence-corrected chi connectivity index (χ2v) is 4.91. The predicted octanol–water partition coefficient (Wildman–Crippen LogP) is 1.46. The molecule has 17 heavy (non-hydrogen) atoms. The second-order valence-electron chi connectivity index (χ2n) is 4.91. The zero-order chi connectivity index (χ0) is 12.9. The van der Waals surface area contributed by atoms with Gasteiger partial charge in [-0.3, -0.25) is 4.79 Å². The summed E-state index contributed by atoms with van der Waals surface area (Å²) < 4.78 is 0. The maximum absolute atomic E-state index is 11.9. The lowest BCUT2D eigenvalue weighted by Gasteiger charge is -2.41. The van der Waals surface area contributed by atoms with Crippen LogP contribution in [-0.4, -0.2) is 23.5 Å². The van der Waals surface area contributed by atoms with E-state index in [2.05, 4.69) is 17.4 Å². The maximum atomic E-state index is 11.9. The normalized spacial score (nSPS) is 20.5. The molecule has 0 aliphatic heterocycles. The van der Waals surface area contributed by atoms with E-state index in [0.717, 1.165) is 6.42 Å². The number of nitrogens with zero attached hydrogens (tertiary/aromatic N) is 1. The van der Waals surface area contributed by atoms with Crippen LogP contribution >= 0.6 is 0 Å². The molecule has 0 aromatic heterocycles. The molecular formula is C12H23N3O2. The van der Waals surface area contributed by atoms with E-state index in [0.29, 0.717) is 18.4 Å². The number of nitrogens with two attached hydrogens (primary N) is 1. The molecule has 0 saturated heterocycles. The Bertz CT molecular complexity index is 293. The minimum Gasteiger partial charge on any atom is -0.409 e. The van der Waals surface area contributed by atoms with Crippen LogP contribution in [0.4, 0.5) is 0 Å². The van der Waals surface area contributed by atoms with Crippen molar-refractivity contribution in [1.29, 1.82) is 0 Å². The van der Waals surface area contributed by atoms with E-state index in [1.807, 2.05) is 6.92 Å². The van der Waals surface area contributed by atoms with Gasteiger partial charge in [-0.2, -0.15) is 0 Å². The van der Waals surface area contributed by atoms with E-state index in [1.54, 1.807) is 0 Å². The lowest BCUT2D eigenvalue weighted by Crippen LogP contribution is -2.46. The van der Waals surface area contributed by atoms with Crippen molar-refractivity contribution in [3.05, 3.63) is 0 Å². The Kier molecular flexibility index (Phi) is 4.78. The minimum atomic E-state index is -0.519. The molecule has 1 atom stereocenters. The van der Waals surface area contributed by atoms with Crippen LogP contribution in [0.2, 0.25) is 0 Å². The smallest absolute Gasteiger partial charge is 0.230 e. The van der Waals surface area contributed by atoms with Gasteiger partial charge in [0.05, 0.1) is 5.92 Å². The third kappa shape index (κ3) is 3.11. The molecule has 0 heterocycles. The molecule has 0 bridgehead atoms. The van der Waals surface area contributed by atoms with Crippen LogP contribution in [-0.2, 0) is 4.79 Å². The number of amides is 1. The molecule has 0 spiro atoms. The van der Waals surface area contributed by atoms with E-state index in [-0.39, 0.29) is 11.7 Å². The van der Waals surface area contributed by atoms with Crippen LogP contribution in [0.5, 0.6) is 0 Å². The number of nitrogens with one attached hydrogen (secondary N) is 1. The van der Waals surface area contributed by atoms with Crippen molar-refractivity contribution in [1.82, 2.24) is 5.32 Å². The standard InChI is InChI=1S/C12H23N3O2/c1-3-9(10(13)15-17)11(16)14-8-12(4-2)6-5-7-12/h9,17H,3-8H2,1-2H3,(H2,13,15)(H,14,16). The van der Waals surface area contributed by atoms with Gasteiger partial charge in [0.15, 0.2) is 5.84 Å². The molecule has 1 rings (SSSR count). The van der Waals surface area contributed by atoms with Crippen LogP contribution < -0.4 is 11.1 Å². The van der Waals surface area contributed by atoms with Crippen molar-refractivity contribution in [2.24, 2.45) is 22.2 Å². The molecule has 4 N–H and O–H groups in total. The van der Waals surface area contributed by atoms with Gasteiger partial charge in [-0.05, 0) is 31.1 Å². The third-order valence-corrected chi connectivity index (χ3v) is 4.00. The zero-order valence-corrected chi connectivity index (χ0v) is 10.7. The summed E-state index contributed by atoms with van der Waals surface area (Å²) in [6.45, 7) is 4.71. The fraction of sp³-hybridized carbons (Fsp3) is 0.833. The Morgan fingerprint density at radius 3 is 2.53 bits per heavy atom. The van der Waals surface area contributed by atoms with Gasteiger partial charge in [-0.1, -0.05) is 25.4 Å². The molecule has 98 valence electrons. The highest BCUT2D eigenvalue weighted by atomic mass is 16.4. The predicted molar refractivity (Wildman–Crippen MR) is 66.8 cm³/mol. The Morgan fingerprint density at radius 1 is 1.53 bits per heavy atom. The van der Waals surface area contributed by atoms with Crippen molar-refractivity contribution < 1.29 is 10.0 Å². The monoisotopic (exact) mass is 241 g/mol. The second kappa shape index (κ2) is 5.89. The Morgan fingerprint density at radius 2 is 2.18 bits per heavy atom. The van der Waals surface area contributed by atoms with Gasteiger partial charge in [-0.15, -0.1) is 0 Å². The molecule has 0 radical (unpaired) electrons. The van der Waals surface area contributed by atoms with Crippen LogP contribution in [0.1, 0.15) is 46.0 Å². The molecule has 5 heteroatoms. The van der Waals surface area contributed by atoms with Gasteiger partial charge >= 0.3 is 0 Å². The Hall–Kier alpha value is -1.26. The molecular weight excluding hydrogens is 218 g/mol. The largest absolute Gasteiger partial charge is 0.409 e. The summed E-state index contributed by atoms with van der Waals surface area (Å²) in [5.41, 5.74) is 5.78. The van der Waals surface area contributed by atoms with Crippen molar-refractivity contribution in [2.45, 2.75) is 46.0 Å². The summed E-state index contributed by atoms with van der Waals surface area (Å²) in [6.07, 6.45) is 5.25. The minimum absolute atomic E-state index is 0.0100. The summed E-state index contributed by atoms with van der Waals surface area (Å²) in [4.78, 5) is 11.9. The summed E-state index contributed by atoms with van der Waals surface area (Å²) >= 11 is 0. The summed E-state index contributed by atoms with van der Waals surface area (Å²) in [5, 5.41) is 14.4. The fourth-order valence-electron chi connectivity index (χ4n) is 2.33. The van der Waals surface area contributed by atoms with Crippen molar-refractivity contribution in [3.63, 3.8) is 0 Å². The quantitative estimate of drug-likeness (QED) is 0.285. The van der Waals surface area contributed by atoms with Crippen molar-refractivity contribution >= 4 is 11.7 Å². The molecule has 1 saturated carbocycles. The molecule has 0 aromatic carbocycles. The number of hydrogen-bond donors (Lipinski definition) is 3. The van der Waals surface area contributed by atoms with Gasteiger partial charge in [0, 0.05) is 6.54 Å². The average Bonchev–Trinajstić information content (AvgIpc) is 2.29. The molecule has 1 aliphatic carbocycles. The van der Waals surface area contributed by atoms with E-state index >= 15 is 0 Å². The first-order valence-electron chi connectivity index (χ1n) is 6.33. The first-order chi connectivity index (χ1) is 8.08. The Balaban J connectivity index is 2.48. The van der Waals surface area contributed by atoms with Crippen molar-refractivity contribution in [3.8, 4) is 0 Å². The van der Waals surface area contributed by atoms with Crippen LogP contribution in [0.25, 0.3) is 0 Å². The van der Waals surface area contributed by atoms with Gasteiger partial charge in [0.1, 0.15) is 0 Å². The molecule has 1 unspecified atom stereocenters. The SMILES string of the molecule is CCC(C(=O)NCC1(CC)CCC1)C(N)=NO. The highest BCUT2D eigenvalue weighted by Gasteiger charge is 2.35. The highest BCUT2D eigenvalue weighted by molar-refractivity contribution is 6.01. The lowest BCUT2D eigenvalue weighted by molar-refractivity contribution is -0.124. The average molecular weight is 241 g/mol. The molecule has 1 aliphatic rings. The van der Waals surface area contributed by atoms with Gasteiger partial charge in [0.25, 0.3) is 0 Å². The topological polar surface area (TPSA) is 87.7 Å². The highest BCUT2D eigenvalue weighted by Crippen LogP contribution is 2.43. The van der Waals surface area contributed by atoms with E-state index in [1.165, 1.54) is 19.3 Å². The number of hydrogen-bond acceptors (Lipinski definition) is 3. The van der Waals surface area contributed by atoms with Crippen LogP contribution in [0.3, 0.4) is 0 Å². The van der Waals surface area contributed by atoms with Crippen LogP contribution in [0, 0.1) is 11.3 Å². The van der Waals surface area contributed by atoms with Gasteiger partial charge in [-0.25, -0.2) is 0 Å². The van der Waals surface area contributed by atoms with Gasteiger partial charge in [0.2, 0.25) is 5.91 Å². The third-order valence-electron chi connectivity index (χ3n) is 4.00. The van der Waals surface area contributed by atoms with E-state index in [4.69, 9.17) is 10.9 Å². The number of carbonyl (C=O) groups is 1. The molecule has 5 nitrogen and oxygen atoms in total. The first-order valence-corrected chi connectivity index (χ1v) is 6.33. The fourth-order valence-corrected chi connectivity index (χ4v) is 2.33. The lowest BCUT2D eigenvalue weighted by atomic mass is 9.67. The summed E-state index contributed by atoms with van der Waals surface area (Å²) in [5.74, 6) is -0.666. The van der Waals surface area contributed by atoms with Crippen LogP contribution in [0.15, 0.2) is 5.16 Å². The Labute approximate surface area is 102 Å².